The van der Waals surface area contributed by atoms with Gasteiger partial charge in [-0.15, -0.1) is 0 Å². The highest BCUT2D eigenvalue weighted by atomic mass is 16.6. The molecule has 0 radical (unpaired) electrons. The quantitative estimate of drug-likeness (QED) is 0.625. The van der Waals surface area contributed by atoms with E-state index in [9.17, 15) is 14.9 Å². The Balaban J connectivity index is 3.24. The number of nitrogens with one attached hydrogen (secondary N) is 1. The van der Waals surface area contributed by atoms with Crippen LogP contribution in [0.5, 0.6) is 5.75 Å². The molecule has 6 heteroatoms. The molecule has 1 aromatic carbocycles. The third kappa shape index (κ3) is 2.93. The average Bonchev–Trinajstić information content (AvgIpc) is 2.29. The Labute approximate surface area is 98.7 Å². The van der Waals surface area contributed by atoms with Crippen LogP contribution in [-0.4, -0.2) is 24.0 Å². The lowest BCUT2D eigenvalue weighted by Crippen LogP contribution is -2.23. The number of amides is 1. The summed E-state index contributed by atoms with van der Waals surface area (Å²) in [7, 11) is 0. The van der Waals surface area contributed by atoms with E-state index in [2.05, 4.69) is 5.32 Å². The van der Waals surface area contributed by atoms with Crippen molar-refractivity contribution in [3.05, 3.63) is 33.9 Å². The summed E-state index contributed by atoms with van der Waals surface area (Å²) < 4.78 is 5.19. The molecule has 0 saturated heterocycles. The molecule has 0 aliphatic heterocycles. The molecular formula is C11H14N2O4. The van der Waals surface area contributed by atoms with Crippen molar-refractivity contribution >= 4 is 11.6 Å². The normalized spacial score (nSPS) is 9.76. The first-order valence-electron chi connectivity index (χ1n) is 5.30. The molecule has 0 heterocycles. The van der Waals surface area contributed by atoms with Gasteiger partial charge in [-0.25, -0.2) is 0 Å². The summed E-state index contributed by atoms with van der Waals surface area (Å²) in [4.78, 5) is 22.0. The Bertz CT molecular complexity index is 431. The summed E-state index contributed by atoms with van der Waals surface area (Å²) in [6.07, 6.45) is 0. The monoisotopic (exact) mass is 238 g/mol. The van der Waals surface area contributed by atoms with Crippen molar-refractivity contribution in [3.63, 3.8) is 0 Å². The van der Waals surface area contributed by atoms with E-state index in [-0.39, 0.29) is 29.5 Å². The van der Waals surface area contributed by atoms with Gasteiger partial charge in [0.1, 0.15) is 0 Å². The minimum atomic E-state index is -0.562. The second-order valence-corrected chi connectivity index (χ2v) is 3.20. The molecule has 1 N–H and O–H groups in total. The second kappa shape index (κ2) is 5.83. The van der Waals surface area contributed by atoms with Gasteiger partial charge in [0.05, 0.1) is 17.1 Å². The zero-order chi connectivity index (χ0) is 12.8. The fraction of sp³-hybridized carbons (Fsp3) is 0.364. The molecule has 0 aliphatic carbocycles. The summed E-state index contributed by atoms with van der Waals surface area (Å²) in [6, 6.07) is 4.28. The second-order valence-electron chi connectivity index (χ2n) is 3.20. The number of rotatable bonds is 5. The third-order valence-corrected chi connectivity index (χ3v) is 2.06. The molecule has 1 amide bonds. The number of nitro benzene ring substituents is 1. The number of para-hydroxylation sites is 1. The Hall–Kier alpha value is -2.11. The maximum atomic E-state index is 11.7. The van der Waals surface area contributed by atoms with Gasteiger partial charge in [-0.05, 0) is 19.9 Å². The largest absolute Gasteiger partial charge is 0.487 e. The Kier molecular flexibility index (Phi) is 4.45. The first-order chi connectivity index (χ1) is 8.11. The van der Waals surface area contributed by atoms with Gasteiger partial charge in [0, 0.05) is 12.6 Å². The smallest absolute Gasteiger partial charge is 0.311 e. The molecule has 1 rings (SSSR count). The topological polar surface area (TPSA) is 81.5 Å². The highest BCUT2D eigenvalue weighted by molar-refractivity contribution is 5.98. The summed E-state index contributed by atoms with van der Waals surface area (Å²) in [5, 5.41) is 13.4. The zero-order valence-corrected chi connectivity index (χ0v) is 9.73. The van der Waals surface area contributed by atoms with Crippen molar-refractivity contribution in [2.75, 3.05) is 13.2 Å². The van der Waals surface area contributed by atoms with Crippen LogP contribution < -0.4 is 10.1 Å². The number of carbonyl (C=O) groups excluding carboxylic acids is 1. The van der Waals surface area contributed by atoms with Crippen molar-refractivity contribution in [2.24, 2.45) is 0 Å². The van der Waals surface area contributed by atoms with Crippen LogP contribution in [0.2, 0.25) is 0 Å². The van der Waals surface area contributed by atoms with Gasteiger partial charge in [0.2, 0.25) is 5.75 Å². The highest BCUT2D eigenvalue weighted by Crippen LogP contribution is 2.30. The molecule has 0 bridgehead atoms. The van der Waals surface area contributed by atoms with E-state index < -0.39 is 4.92 Å². The van der Waals surface area contributed by atoms with Gasteiger partial charge in [-0.2, -0.15) is 0 Å². The Morgan fingerprint density at radius 3 is 2.71 bits per heavy atom. The first kappa shape index (κ1) is 13.0. The Morgan fingerprint density at radius 1 is 1.47 bits per heavy atom. The van der Waals surface area contributed by atoms with Crippen LogP contribution in [0.25, 0.3) is 0 Å². The van der Waals surface area contributed by atoms with Crippen molar-refractivity contribution in [1.82, 2.24) is 5.32 Å². The third-order valence-electron chi connectivity index (χ3n) is 2.06. The molecule has 0 aromatic heterocycles. The lowest BCUT2D eigenvalue weighted by atomic mass is 10.1. The van der Waals surface area contributed by atoms with Crippen LogP contribution in [0, 0.1) is 10.1 Å². The van der Waals surface area contributed by atoms with Crippen LogP contribution in [0.1, 0.15) is 24.2 Å². The van der Waals surface area contributed by atoms with E-state index in [1.54, 1.807) is 13.8 Å². The molecule has 17 heavy (non-hydrogen) atoms. The molecule has 0 aliphatic rings. The van der Waals surface area contributed by atoms with Crippen LogP contribution in [0.15, 0.2) is 18.2 Å². The summed E-state index contributed by atoms with van der Waals surface area (Å²) in [5.74, 6) is -0.356. The van der Waals surface area contributed by atoms with Crippen molar-refractivity contribution < 1.29 is 14.5 Å². The zero-order valence-electron chi connectivity index (χ0n) is 9.73. The highest BCUT2D eigenvalue weighted by Gasteiger charge is 2.22. The van der Waals surface area contributed by atoms with Crippen molar-refractivity contribution in [2.45, 2.75) is 13.8 Å². The molecule has 0 spiro atoms. The summed E-state index contributed by atoms with van der Waals surface area (Å²) in [6.45, 7) is 4.19. The van der Waals surface area contributed by atoms with E-state index >= 15 is 0 Å². The van der Waals surface area contributed by atoms with Crippen LogP contribution in [0.3, 0.4) is 0 Å². The number of hydrogen-bond donors (Lipinski definition) is 1. The lowest BCUT2D eigenvalue weighted by Gasteiger charge is -2.09. The number of nitro groups is 1. The molecule has 0 saturated carbocycles. The van der Waals surface area contributed by atoms with Crippen LogP contribution in [-0.2, 0) is 0 Å². The molecule has 1 aromatic rings. The number of nitrogens with zero attached hydrogens (tertiary/aromatic N) is 1. The predicted molar refractivity (Wildman–Crippen MR) is 62.3 cm³/mol. The van der Waals surface area contributed by atoms with Crippen molar-refractivity contribution in [1.29, 1.82) is 0 Å². The maximum absolute atomic E-state index is 11.7. The molecule has 0 atom stereocenters. The van der Waals surface area contributed by atoms with Gasteiger partial charge in [0.25, 0.3) is 5.91 Å². The SMILES string of the molecule is CCNC(=O)c1cccc([N+](=O)[O-])c1OCC. The molecule has 6 nitrogen and oxygen atoms in total. The van der Waals surface area contributed by atoms with E-state index in [0.29, 0.717) is 6.54 Å². The van der Waals surface area contributed by atoms with Crippen LogP contribution >= 0.6 is 0 Å². The fourth-order valence-electron chi connectivity index (χ4n) is 1.40. The van der Waals surface area contributed by atoms with E-state index in [4.69, 9.17) is 4.74 Å². The standard InChI is InChI=1S/C11H14N2O4/c1-3-12-11(14)8-6-5-7-9(13(15)16)10(8)17-4-2/h5-7H,3-4H2,1-2H3,(H,12,14). The molecule has 92 valence electrons. The van der Waals surface area contributed by atoms with Gasteiger partial charge < -0.3 is 10.1 Å². The Morgan fingerprint density at radius 2 is 2.18 bits per heavy atom. The summed E-state index contributed by atoms with van der Waals surface area (Å²) >= 11 is 0. The maximum Gasteiger partial charge on any atom is 0.311 e. The minimum absolute atomic E-state index is 0.0194. The molecular weight excluding hydrogens is 224 g/mol. The molecule has 0 fully saturated rings. The van der Waals surface area contributed by atoms with E-state index in [1.807, 2.05) is 0 Å². The summed E-state index contributed by atoms with van der Waals surface area (Å²) in [5.41, 5.74) is -0.0153. The number of carbonyl (C=O) groups is 1. The van der Waals surface area contributed by atoms with Crippen LogP contribution in [0.4, 0.5) is 5.69 Å². The number of ether oxygens (including phenoxy) is 1. The lowest BCUT2D eigenvalue weighted by molar-refractivity contribution is -0.385. The molecule has 0 unspecified atom stereocenters. The fourth-order valence-corrected chi connectivity index (χ4v) is 1.40. The first-order valence-corrected chi connectivity index (χ1v) is 5.30. The average molecular weight is 238 g/mol. The van der Waals surface area contributed by atoms with Gasteiger partial charge in [-0.3, -0.25) is 14.9 Å². The van der Waals surface area contributed by atoms with E-state index in [1.165, 1.54) is 18.2 Å². The minimum Gasteiger partial charge on any atom is -0.487 e. The van der Waals surface area contributed by atoms with Gasteiger partial charge >= 0.3 is 5.69 Å². The van der Waals surface area contributed by atoms with Crippen molar-refractivity contribution in [3.8, 4) is 5.75 Å². The predicted octanol–water partition coefficient (Wildman–Crippen LogP) is 1.74. The van der Waals surface area contributed by atoms with E-state index in [0.717, 1.165) is 0 Å². The number of hydrogen-bond acceptors (Lipinski definition) is 4. The number of benzene rings is 1. The van der Waals surface area contributed by atoms with Gasteiger partial charge in [0.15, 0.2) is 0 Å². The van der Waals surface area contributed by atoms with Gasteiger partial charge in [-0.1, -0.05) is 6.07 Å².